The third-order valence-electron chi connectivity index (χ3n) is 2.52. The monoisotopic (exact) mass is 327 g/mol. The summed E-state index contributed by atoms with van der Waals surface area (Å²) in [5, 5.41) is 1.03. The zero-order chi connectivity index (χ0) is 14.5. The number of rotatable bonds is 5. The van der Waals surface area contributed by atoms with Crippen LogP contribution in [-0.2, 0) is 9.09 Å². The summed E-state index contributed by atoms with van der Waals surface area (Å²) in [6.45, 7) is -0.340. The van der Waals surface area contributed by atoms with Crippen LogP contribution >= 0.6 is 31.2 Å². The first-order valence-electron chi connectivity index (χ1n) is 5.72. The van der Waals surface area contributed by atoms with E-state index in [0.717, 1.165) is 0 Å². The van der Waals surface area contributed by atoms with Gasteiger partial charge < -0.3 is 0 Å². The largest absolute Gasteiger partial charge is 0.549 e. The summed E-state index contributed by atoms with van der Waals surface area (Å²) >= 11 is 11.8. The minimum absolute atomic E-state index is 0.187. The lowest BCUT2D eigenvalue weighted by Gasteiger charge is -2.02. The first-order valence-corrected chi connectivity index (χ1v) is 7.65. The highest BCUT2D eigenvalue weighted by atomic mass is 35.5. The van der Waals surface area contributed by atoms with Crippen LogP contribution in [0.15, 0.2) is 48.5 Å². The van der Waals surface area contributed by atoms with E-state index >= 15 is 0 Å². The summed E-state index contributed by atoms with van der Waals surface area (Å²) in [4.78, 5) is 12.0. The van der Waals surface area contributed by atoms with E-state index in [2.05, 4.69) is 0 Å². The van der Waals surface area contributed by atoms with E-state index in [1.54, 1.807) is 48.5 Å². The van der Waals surface area contributed by atoms with Crippen molar-refractivity contribution in [2.45, 2.75) is 0 Å². The van der Waals surface area contributed by atoms with Gasteiger partial charge in [0.2, 0.25) is 5.30 Å². The van der Waals surface area contributed by atoms with Crippen molar-refractivity contribution >= 4 is 42.3 Å². The fourth-order valence-corrected chi connectivity index (χ4v) is 2.99. The van der Waals surface area contributed by atoms with Crippen molar-refractivity contribution < 1.29 is 13.9 Å². The van der Waals surface area contributed by atoms with E-state index in [-0.39, 0.29) is 22.2 Å². The molecule has 2 aromatic rings. The van der Waals surface area contributed by atoms with Crippen molar-refractivity contribution in [2.24, 2.45) is 0 Å². The van der Waals surface area contributed by atoms with Gasteiger partial charge in [0.1, 0.15) is 0 Å². The lowest BCUT2D eigenvalue weighted by Crippen LogP contribution is -2.09. The maximum Gasteiger partial charge on any atom is 0.549 e. The fourth-order valence-electron chi connectivity index (χ4n) is 1.58. The topological polar surface area (TPSA) is 43.4 Å². The van der Waals surface area contributed by atoms with Crippen molar-refractivity contribution in [3.63, 3.8) is 0 Å². The van der Waals surface area contributed by atoms with E-state index in [0.29, 0.717) is 5.30 Å². The van der Waals surface area contributed by atoms with Gasteiger partial charge in [-0.2, -0.15) is 0 Å². The van der Waals surface area contributed by atoms with Gasteiger partial charge in [-0.15, -0.1) is 4.52 Å². The molecule has 20 heavy (non-hydrogen) atoms. The number of Topliss-reactive ketones (excluding diaryl/α,β-unsaturated/α-hetero) is 1. The molecule has 0 radical (unpaired) electrons. The predicted molar refractivity (Wildman–Crippen MR) is 80.4 cm³/mol. The molecule has 0 spiro atoms. The molecule has 0 aliphatic rings. The van der Waals surface area contributed by atoms with Crippen molar-refractivity contribution in [2.75, 3.05) is 6.61 Å². The van der Waals surface area contributed by atoms with E-state index in [9.17, 15) is 9.36 Å². The molecule has 3 nitrogen and oxygen atoms in total. The van der Waals surface area contributed by atoms with Gasteiger partial charge in [0.05, 0.1) is 15.6 Å². The Kier molecular flexibility index (Phi) is 5.27. The van der Waals surface area contributed by atoms with Crippen LogP contribution in [0, 0.1) is 0 Å². The molecule has 0 aromatic heterocycles. The van der Waals surface area contributed by atoms with Crippen LogP contribution in [0.5, 0.6) is 0 Å². The summed E-state index contributed by atoms with van der Waals surface area (Å²) in [5.74, 6) is -0.403. The number of ketones is 1. The molecule has 0 aliphatic heterocycles. The average Bonchev–Trinajstić information content (AvgIpc) is 2.45. The molecule has 0 fully saturated rings. The number of carbonyl (C=O) groups is 1. The third-order valence-corrected chi connectivity index (χ3v) is 4.23. The Bertz CT molecular complexity index is 624. The minimum atomic E-state index is -2.07. The SMILES string of the molecule is O=C(CO[P+](=O)c1ccccc1)c1c(Cl)cccc1Cl. The van der Waals surface area contributed by atoms with Gasteiger partial charge in [-0.1, -0.05) is 47.5 Å². The molecule has 1 atom stereocenters. The molecule has 2 rings (SSSR count). The highest BCUT2D eigenvalue weighted by molar-refractivity contribution is 7.48. The average molecular weight is 328 g/mol. The Balaban J connectivity index is 2.05. The first-order chi connectivity index (χ1) is 9.59. The predicted octanol–water partition coefficient (Wildman–Crippen LogP) is 4.26. The second-order valence-corrected chi connectivity index (χ2v) is 5.99. The van der Waals surface area contributed by atoms with Crippen LogP contribution < -0.4 is 5.30 Å². The van der Waals surface area contributed by atoms with Crippen molar-refractivity contribution in [1.82, 2.24) is 0 Å². The molecular weight excluding hydrogens is 318 g/mol. The molecule has 0 amide bonds. The van der Waals surface area contributed by atoms with Gasteiger partial charge in [-0.3, -0.25) is 4.79 Å². The second-order valence-electron chi connectivity index (χ2n) is 3.89. The summed E-state index contributed by atoms with van der Waals surface area (Å²) in [7, 11) is -2.07. The van der Waals surface area contributed by atoms with E-state index in [1.165, 1.54) is 0 Å². The maximum atomic E-state index is 12.0. The van der Waals surface area contributed by atoms with E-state index < -0.39 is 13.8 Å². The van der Waals surface area contributed by atoms with Gasteiger partial charge in [0.15, 0.2) is 12.4 Å². The Labute approximate surface area is 127 Å². The molecule has 6 heteroatoms. The highest BCUT2D eigenvalue weighted by Crippen LogP contribution is 2.27. The third kappa shape index (κ3) is 3.65. The van der Waals surface area contributed by atoms with Gasteiger partial charge in [-0.05, 0) is 28.8 Å². The molecule has 0 aliphatic carbocycles. The van der Waals surface area contributed by atoms with Gasteiger partial charge >= 0.3 is 8.03 Å². The number of hydrogen-bond donors (Lipinski definition) is 0. The molecule has 0 bridgehead atoms. The van der Waals surface area contributed by atoms with Crippen molar-refractivity contribution in [3.8, 4) is 0 Å². The molecule has 1 unspecified atom stereocenters. The quantitative estimate of drug-likeness (QED) is 0.608. The number of hydrogen-bond acceptors (Lipinski definition) is 3. The number of halogens is 2. The summed E-state index contributed by atoms with van der Waals surface area (Å²) < 4.78 is 17.0. The Morgan fingerprint density at radius 1 is 1.00 bits per heavy atom. The lowest BCUT2D eigenvalue weighted by atomic mass is 10.1. The maximum absolute atomic E-state index is 12.0. The van der Waals surface area contributed by atoms with Gasteiger partial charge in [0, 0.05) is 0 Å². The van der Waals surface area contributed by atoms with Crippen LogP contribution in [0.25, 0.3) is 0 Å². The lowest BCUT2D eigenvalue weighted by molar-refractivity contribution is 0.0928. The molecule has 0 saturated heterocycles. The zero-order valence-corrected chi connectivity index (χ0v) is 12.7. The summed E-state index contributed by atoms with van der Waals surface area (Å²) in [6.07, 6.45) is 0. The van der Waals surface area contributed by atoms with Crippen LogP contribution in [0.1, 0.15) is 10.4 Å². The molecule has 2 aromatic carbocycles. The Morgan fingerprint density at radius 3 is 2.20 bits per heavy atom. The number of carbonyl (C=O) groups excluding carboxylic acids is 1. The number of benzene rings is 2. The van der Waals surface area contributed by atoms with Crippen molar-refractivity contribution in [1.29, 1.82) is 0 Å². The minimum Gasteiger partial charge on any atom is -0.291 e. The van der Waals surface area contributed by atoms with Crippen LogP contribution in [-0.4, -0.2) is 12.4 Å². The van der Waals surface area contributed by atoms with Gasteiger partial charge in [-0.25, -0.2) is 0 Å². The van der Waals surface area contributed by atoms with E-state index in [1.807, 2.05) is 0 Å². The van der Waals surface area contributed by atoms with Crippen LogP contribution in [0.3, 0.4) is 0 Å². The highest BCUT2D eigenvalue weighted by Gasteiger charge is 2.25. The summed E-state index contributed by atoms with van der Waals surface area (Å²) in [6, 6.07) is 13.4. The Morgan fingerprint density at radius 2 is 1.60 bits per heavy atom. The molecule has 102 valence electrons. The first kappa shape index (κ1) is 15.1. The molecule has 0 saturated carbocycles. The summed E-state index contributed by atoms with van der Waals surface area (Å²) in [5.41, 5.74) is 0.187. The van der Waals surface area contributed by atoms with Gasteiger partial charge in [0.25, 0.3) is 0 Å². The second kappa shape index (κ2) is 6.96. The molecular formula is C14H10Cl2O3P+. The fraction of sp³-hybridized carbons (Fsp3) is 0.0714. The van der Waals surface area contributed by atoms with E-state index in [4.69, 9.17) is 27.7 Å². The smallest absolute Gasteiger partial charge is 0.291 e. The van der Waals surface area contributed by atoms with Crippen molar-refractivity contribution in [3.05, 3.63) is 64.1 Å². The normalized spacial score (nSPS) is 11.2. The standard InChI is InChI=1S/C14H10Cl2O3P/c15-11-7-4-8-12(16)14(11)13(17)9-19-20(18)10-5-2-1-3-6-10/h1-8H,9H2/q+1. The molecule has 0 heterocycles. The zero-order valence-electron chi connectivity index (χ0n) is 10.3. The van der Waals surface area contributed by atoms with Crippen LogP contribution in [0.2, 0.25) is 10.0 Å². The Hall–Kier alpha value is -1.25. The molecule has 0 N–H and O–H groups in total. The van der Waals surface area contributed by atoms with Crippen LogP contribution in [0.4, 0.5) is 0 Å².